The lowest BCUT2D eigenvalue weighted by atomic mass is 10.00. The number of fused-ring (bicyclic) bond motifs is 1. The molecule has 0 radical (unpaired) electrons. The predicted molar refractivity (Wildman–Crippen MR) is 88.6 cm³/mol. The van der Waals surface area contributed by atoms with E-state index in [4.69, 9.17) is 4.42 Å². The van der Waals surface area contributed by atoms with Crippen molar-refractivity contribution < 1.29 is 14.0 Å². The van der Waals surface area contributed by atoms with Crippen molar-refractivity contribution >= 4 is 23.2 Å². The Balaban J connectivity index is 1.62. The van der Waals surface area contributed by atoms with Gasteiger partial charge in [-0.2, -0.15) is 0 Å². The molecule has 1 aliphatic carbocycles. The maximum atomic E-state index is 12.2. The summed E-state index contributed by atoms with van der Waals surface area (Å²) in [6.45, 7) is 1.76. The van der Waals surface area contributed by atoms with E-state index >= 15 is 0 Å². The molecule has 0 atom stereocenters. The van der Waals surface area contributed by atoms with Crippen LogP contribution in [0, 0.1) is 6.92 Å². The van der Waals surface area contributed by atoms with Crippen LogP contribution in [0.2, 0.25) is 0 Å². The summed E-state index contributed by atoms with van der Waals surface area (Å²) in [6, 6.07) is 5.24. The highest BCUT2D eigenvalue weighted by Gasteiger charge is 2.17. The molecule has 2 amide bonds. The summed E-state index contributed by atoms with van der Waals surface area (Å²) in [4.78, 5) is 26.0. The minimum Gasteiger partial charge on any atom is -0.456 e. The molecule has 6 heteroatoms. The maximum Gasteiger partial charge on any atom is 0.305 e. The number of thiophene rings is 1. The normalized spacial score (nSPS) is 14.5. The summed E-state index contributed by atoms with van der Waals surface area (Å²) in [5.41, 5.74) is 6.13. The molecule has 0 spiro atoms. The lowest BCUT2D eigenvalue weighted by Gasteiger charge is -2.07. The number of furan rings is 1. The molecule has 0 saturated carbocycles. The molecule has 0 aliphatic heterocycles. The van der Waals surface area contributed by atoms with Crippen LogP contribution < -0.4 is 10.9 Å². The highest BCUT2D eigenvalue weighted by atomic mass is 32.1. The largest absolute Gasteiger partial charge is 0.456 e. The molecular formula is C17H20N2O3S. The number of amides is 2. The van der Waals surface area contributed by atoms with Gasteiger partial charge in [-0.3, -0.25) is 20.4 Å². The molecular weight excluding hydrogens is 312 g/mol. The van der Waals surface area contributed by atoms with Gasteiger partial charge >= 0.3 is 5.91 Å². The van der Waals surface area contributed by atoms with Gasteiger partial charge in [-0.05, 0) is 56.4 Å². The van der Waals surface area contributed by atoms with Crippen LogP contribution in [-0.4, -0.2) is 11.8 Å². The predicted octanol–water partition coefficient (Wildman–Crippen LogP) is 3.38. The Morgan fingerprint density at radius 1 is 1.04 bits per heavy atom. The van der Waals surface area contributed by atoms with E-state index in [0.717, 1.165) is 12.8 Å². The standard InChI is InChI=1S/C17H20N2O3S/c1-11-8-9-13(22-11)16(20)18-19-17(21)15-10-12-6-4-2-3-5-7-14(12)23-15/h8-10H,2-7H2,1H3,(H,18,20)(H,19,21). The third-order valence-corrected chi connectivity index (χ3v) is 5.21. The van der Waals surface area contributed by atoms with Crippen molar-refractivity contribution in [3.8, 4) is 0 Å². The van der Waals surface area contributed by atoms with Crippen LogP contribution in [0.1, 0.15) is 62.1 Å². The first-order chi connectivity index (χ1) is 11.1. The number of hydrogen-bond acceptors (Lipinski definition) is 4. The highest BCUT2D eigenvalue weighted by molar-refractivity contribution is 7.14. The fourth-order valence-electron chi connectivity index (χ4n) is 2.75. The van der Waals surface area contributed by atoms with Gasteiger partial charge in [0.25, 0.3) is 5.91 Å². The van der Waals surface area contributed by atoms with E-state index in [9.17, 15) is 9.59 Å². The van der Waals surface area contributed by atoms with Gasteiger partial charge in [-0.1, -0.05) is 12.8 Å². The average Bonchev–Trinajstić information content (AvgIpc) is 3.11. The Kier molecular flexibility index (Phi) is 4.81. The van der Waals surface area contributed by atoms with E-state index in [1.807, 2.05) is 6.07 Å². The van der Waals surface area contributed by atoms with Gasteiger partial charge in [0.05, 0.1) is 4.88 Å². The van der Waals surface area contributed by atoms with Crippen molar-refractivity contribution in [1.29, 1.82) is 0 Å². The smallest absolute Gasteiger partial charge is 0.305 e. The summed E-state index contributed by atoms with van der Waals surface area (Å²) < 4.78 is 5.22. The molecule has 2 heterocycles. The second kappa shape index (κ2) is 7.00. The highest BCUT2D eigenvalue weighted by Crippen LogP contribution is 2.28. The van der Waals surface area contributed by atoms with Gasteiger partial charge in [-0.25, -0.2) is 0 Å². The fraction of sp³-hybridized carbons (Fsp3) is 0.412. The number of carbonyl (C=O) groups excluding carboxylic acids is 2. The first-order valence-corrected chi connectivity index (χ1v) is 8.74. The minimum absolute atomic E-state index is 0.182. The number of carbonyl (C=O) groups is 2. The Hall–Kier alpha value is -2.08. The van der Waals surface area contributed by atoms with Crippen molar-refractivity contribution in [2.75, 3.05) is 0 Å². The Bertz CT molecular complexity index is 692. The van der Waals surface area contributed by atoms with Gasteiger partial charge in [0, 0.05) is 4.88 Å². The van der Waals surface area contributed by atoms with Crippen molar-refractivity contribution in [3.63, 3.8) is 0 Å². The third kappa shape index (κ3) is 3.82. The van der Waals surface area contributed by atoms with E-state index in [0.29, 0.717) is 10.6 Å². The monoisotopic (exact) mass is 332 g/mol. The minimum atomic E-state index is -0.457. The van der Waals surface area contributed by atoms with E-state index in [1.54, 1.807) is 19.1 Å². The second-order valence-corrected chi connectivity index (χ2v) is 6.93. The van der Waals surface area contributed by atoms with Crippen LogP contribution in [-0.2, 0) is 12.8 Å². The van der Waals surface area contributed by atoms with Crippen LogP contribution in [0.5, 0.6) is 0 Å². The first kappa shape index (κ1) is 15.8. The first-order valence-electron chi connectivity index (χ1n) is 7.92. The summed E-state index contributed by atoms with van der Waals surface area (Å²) in [5, 5.41) is 0. The van der Waals surface area contributed by atoms with Crippen LogP contribution in [0.15, 0.2) is 22.6 Å². The zero-order valence-corrected chi connectivity index (χ0v) is 13.9. The SMILES string of the molecule is Cc1ccc(C(=O)NNC(=O)c2cc3c(s2)CCCCCC3)o1. The molecule has 1 aliphatic rings. The molecule has 0 fully saturated rings. The van der Waals surface area contributed by atoms with Crippen LogP contribution >= 0.6 is 11.3 Å². The van der Waals surface area contributed by atoms with Crippen molar-refractivity contribution in [3.05, 3.63) is 45.0 Å². The summed E-state index contributed by atoms with van der Waals surface area (Å²) >= 11 is 1.53. The van der Waals surface area contributed by atoms with Crippen molar-refractivity contribution in [2.45, 2.75) is 45.4 Å². The van der Waals surface area contributed by atoms with Gasteiger partial charge in [0.15, 0.2) is 5.76 Å². The van der Waals surface area contributed by atoms with Gasteiger partial charge in [0.1, 0.15) is 5.76 Å². The Morgan fingerprint density at radius 2 is 1.78 bits per heavy atom. The summed E-state index contributed by atoms with van der Waals surface area (Å²) in [5.74, 6) is 0.0977. The number of rotatable bonds is 2. The zero-order chi connectivity index (χ0) is 16.2. The number of hydrogen-bond donors (Lipinski definition) is 2. The number of aryl methyl sites for hydroxylation is 3. The topological polar surface area (TPSA) is 71.3 Å². The third-order valence-electron chi connectivity index (χ3n) is 3.97. The van der Waals surface area contributed by atoms with Crippen LogP contribution in [0.4, 0.5) is 0 Å². The maximum absolute atomic E-state index is 12.2. The average molecular weight is 332 g/mol. The lowest BCUT2D eigenvalue weighted by molar-refractivity contribution is 0.0832. The fourth-order valence-corrected chi connectivity index (χ4v) is 3.90. The Morgan fingerprint density at radius 3 is 2.52 bits per heavy atom. The molecule has 0 bridgehead atoms. The van der Waals surface area contributed by atoms with Crippen LogP contribution in [0.25, 0.3) is 0 Å². The molecule has 122 valence electrons. The number of nitrogens with one attached hydrogen (secondary N) is 2. The summed E-state index contributed by atoms with van der Waals surface area (Å²) in [6.07, 6.45) is 6.97. The van der Waals surface area contributed by atoms with Gasteiger partial charge in [0.2, 0.25) is 0 Å². The molecule has 0 unspecified atom stereocenters. The summed E-state index contributed by atoms with van der Waals surface area (Å²) in [7, 11) is 0. The quantitative estimate of drug-likeness (QED) is 0.828. The molecule has 0 saturated heterocycles. The molecule has 3 rings (SSSR count). The molecule has 0 aromatic carbocycles. The van der Waals surface area contributed by atoms with E-state index in [1.165, 1.54) is 47.5 Å². The van der Waals surface area contributed by atoms with Crippen molar-refractivity contribution in [1.82, 2.24) is 10.9 Å². The zero-order valence-electron chi connectivity index (χ0n) is 13.1. The number of hydrazine groups is 1. The Labute approximate surface area is 139 Å². The van der Waals surface area contributed by atoms with Crippen LogP contribution in [0.3, 0.4) is 0 Å². The van der Waals surface area contributed by atoms with E-state index in [-0.39, 0.29) is 11.7 Å². The van der Waals surface area contributed by atoms with Crippen molar-refractivity contribution in [2.24, 2.45) is 0 Å². The molecule has 23 heavy (non-hydrogen) atoms. The molecule has 2 N–H and O–H groups in total. The molecule has 2 aromatic rings. The molecule has 2 aromatic heterocycles. The van der Waals surface area contributed by atoms with E-state index in [2.05, 4.69) is 10.9 Å². The van der Waals surface area contributed by atoms with E-state index < -0.39 is 5.91 Å². The lowest BCUT2D eigenvalue weighted by Crippen LogP contribution is -2.41. The second-order valence-electron chi connectivity index (χ2n) is 5.79. The van der Waals surface area contributed by atoms with Gasteiger partial charge in [-0.15, -0.1) is 11.3 Å². The van der Waals surface area contributed by atoms with Gasteiger partial charge < -0.3 is 4.42 Å². The molecule has 5 nitrogen and oxygen atoms in total.